The first-order valence-electron chi connectivity index (χ1n) is 5.72. The smallest absolute Gasteiger partial charge is 0.405 e. The van der Waals surface area contributed by atoms with Gasteiger partial charge in [-0.1, -0.05) is 12.1 Å². The first-order chi connectivity index (χ1) is 9.31. The molecule has 0 aliphatic carbocycles. The van der Waals surface area contributed by atoms with Crippen molar-refractivity contribution in [2.75, 3.05) is 20.2 Å². The molecule has 1 atom stereocenters. The zero-order valence-corrected chi connectivity index (χ0v) is 10.7. The maximum Gasteiger partial charge on any atom is 0.405 e. The van der Waals surface area contributed by atoms with Crippen LogP contribution in [0.1, 0.15) is 11.7 Å². The molecule has 0 aromatic heterocycles. The molecule has 0 fully saturated rings. The summed E-state index contributed by atoms with van der Waals surface area (Å²) in [6, 6.07) is 5.46. The van der Waals surface area contributed by atoms with Gasteiger partial charge in [0, 0.05) is 6.54 Å². The van der Waals surface area contributed by atoms with Crippen molar-refractivity contribution in [2.45, 2.75) is 12.3 Å². The lowest BCUT2D eigenvalue weighted by Gasteiger charge is -2.14. The lowest BCUT2D eigenvalue weighted by Crippen LogP contribution is -2.42. The molecule has 3 N–H and O–H groups in total. The Morgan fingerprint density at radius 3 is 2.40 bits per heavy atom. The van der Waals surface area contributed by atoms with Gasteiger partial charge >= 0.3 is 12.2 Å². The second kappa shape index (κ2) is 6.99. The Bertz CT molecular complexity index is 435. The summed E-state index contributed by atoms with van der Waals surface area (Å²) in [6.07, 6.45) is -5.48. The number of hydrogen-bond donors (Lipinski definition) is 3. The highest BCUT2D eigenvalue weighted by molar-refractivity contribution is 5.73. The molecule has 112 valence electrons. The Morgan fingerprint density at radius 1 is 1.30 bits per heavy atom. The molecule has 20 heavy (non-hydrogen) atoms. The third-order valence-corrected chi connectivity index (χ3v) is 2.41. The van der Waals surface area contributed by atoms with Crippen molar-refractivity contribution in [2.24, 2.45) is 0 Å². The van der Waals surface area contributed by atoms with Crippen LogP contribution < -0.4 is 15.4 Å². The second-order valence-corrected chi connectivity index (χ2v) is 3.97. The predicted octanol–water partition coefficient (Wildman–Crippen LogP) is 1.59. The van der Waals surface area contributed by atoms with Crippen LogP contribution >= 0.6 is 0 Å². The van der Waals surface area contributed by atoms with Gasteiger partial charge in [0.15, 0.2) is 0 Å². The van der Waals surface area contributed by atoms with Crippen LogP contribution in [0, 0.1) is 0 Å². The quantitative estimate of drug-likeness (QED) is 0.772. The van der Waals surface area contributed by atoms with Gasteiger partial charge in [0.05, 0.1) is 13.2 Å². The molecule has 8 heteroatoms. The molecular formula is C12H15F3N2O3. The fourth-order valence-electron chi connectivity index (χ4n) is 1.38. The number of nitrogens with one attached hydrogen (secondary N) is 2. The van der Waals surface area contributed by atoms with Crippen LogP contribution in [-0.2, 0) is 0 Å². The maximum absolute atomic E-state index is 11.8. The van der Waals surface area contributed by atoms with E-state index in [4.69, 9.17) is 4.74 Å². The first-order valence-corrected chi connectivity index (χ1v) is 5.72. The highest BCUT2D eigenvalue weighted by Gasteiger charge is 2.27. The summed E-state index contributed by atoms with van der Waals surface area (Å²) in [5.41, 5.74) is 0.516. The molecule has 1 aromatic carbocycles. The minimum atomic E-state index is -4.47. The van der Waals surface area contributed by atoms with Crippen molar-refractivity contribution in [3.63, 3.8) is 0 Å². The van der Waals surface area contributed by atoms with Crippen molar-refractivity contribution in [3.8, 4) is 5.75 Å². The van der Waals surface area contributed by atoms with E-state index in [1.807, 2.05) is 0 Å². The van der Waals surface area contributed by atoms with Crippen LogP contribution in [-0.4, -0.2) is 37.5 Å². The van der Waals surface area contributed by atoms with Crippen LogP contribution in [0.25, 0.3) is 0 Å². The minimum absolute atomic E-state index is 0.198. The lowest BCUT2D eigenvalue weighted by atomic mass is 10.1. The summed E-state index contributed by atoms with van der Waals surface area (Å²) in [5, 5.41) is 13.5. The van der Waals surface area contributed by atoms with E-state index in [1.54, 1.807) is 29.6 Å². The Balaban J connectivity index is 2.38. The summed E-state index contributed by atoms with van der Waals surface area (Å²) >= 11 is 0. The van der Waals surface area contributed by atoms with E-state index in [2.05, 4.69) is 5.32 Å². The lowest BCUT2D eigenvalue weighted by molar-refractivity contribution is -0.122. The molecule has 1 unspecified atom stereocenters. The van der Waals surface area contributed by atoms with E-state index < -0.39 is 24.9 Å². The van der Waals surface area contributed by atoms with Crippen molar-refractivity contribution in [3.05, 3.63) is 29.8 Å². The number of aliphatic hydroxyl groups excluding tert-OH is 1. The third-order valence-electron chi connectivity index (χ3n) is 2.41. The molecule has 0 aliphatic rings. The number of rotatable bonds is 5. The van der Waals surface area contributed by atoms with Gasteiger partial charge < -0.3 is 20.5 Å². The number of urea groups is 1. The fraction of sp³-hybridized carbons (Fsp3) is 0.417. The molecule has 2 amide bonds. The summed E-state index contributed by atoms with van der Waals surface area (Å²) in [7, 11) is 1.50. The van der Waals surface area contributed by atoms with Crippen LogP contribution in [0.2, 0.25) is 0 Å². The van der Waals surface area contributed by atoms with E-state index in [0.29, 0.717) is 11.3 Å². The van der Waals surface area contributed by atoms with E-state index in [1.165, 1.54) is 7.11 Å². The Kier molecular flexibility index (Phi) is 5.63. The van der Waals surface area contributed by atoms with Gasteiger partial charge in [-0.2, -0.15) is 13.2 Å². The first kappa shape index (κ1) is 16.1. The number of carbonyl (C=O) groups excluding carboxylic acids is 1. The number of ether oxygens (including phenoxy) is 1. The molecule has 1 aromatic rings. The zero-order chi connectivity index (χ0) is 15.2. The normalized spacial score (nSPS) is 12.7. The molecule has 0 saturated heterocycles. The number of amides is 2. The van der Waals surface area contributed by atoms with Gasteiger partial charge in [0.25, 0.3) is 0 Å². The summed E-state index contributed by atoms with van der Waals surface area (Å²) in [6.45, 7) is -1.62. The molecule has 0 heterocycles. The topological polar surface area (TPSA) is 70.6 Å². The Hall–Kier alpha value is -1.96. The number of halogens is 3. The van der Waals surface area contributed by atoms with Gasteiger partial charge in [-0.3, -0.25) is 0 Å². The molecule has 1 rings (SSSR count). The van der Waals surface area contributed by atoms with E-state index in [0.717, 1.165) is 0 Å². The fourth-order valence-corrected chi connectivity index (χ4v) is 1.38. The zero-order valence-electron chi connectivity index (χ0n) is 10.7. The molecule has 0 saturated carbocycles. The number of methoxy groups -OCH3 is 1. The summed E-state index contributed by atoms with van der Waals surface area (Å²) in [5.74, 6) is 0.608. The molecule has 0 bridgehead atoms. The van der Waals surface area contributed by atoms with Crippen LogP contribution in [0.5, 0.6) is 5.75 Å². The van der Waals surface area contributed by atoms with Gasteiger partial charge in [-0.25, -0.2) is 4.79 Å². The highest BCUT2D eigenvalue weighted by Crippen LogP contribution is 2.17. The minimum Gasteiger partial charge on any atom is -0.497 e. The summed E-state index contributed by atoms with van der Waals surface area (Å²) < 4.78 is 40.5. The van der Waals surface area contributed by atoms with Gasteiger partial charge in [0.2, 0.25) is 0 Å². The van der Waals surface area contributed by atoms with Gasteiger partial charge in [0.1, 0.15) is 12.3 Å². The highest BCUT2D eigenvalue weighted by atomic mass is 19.4. The third kappa shape index (κ3) is 5.79. The second-order valence-electron chi connectivity index (χ2n) is 3.97. The number of alkyl halides is 3. The largest absolute Gasteiger partial charge is 0.497 e. The predicted molar refractivity (Wildman–Crippen MR) is 65.4 cm³/mol. The van der Waals surface area contributed by atoms with Crippen molar-refractivity contribution in [1.82, 2.24) is 10.6 Å². The SMILES string of the molecule is COc1ccc(C(O)CNC(=O)NCC(F)(F)F)cc1. The average Bonchev–Trinajstić information content (AvgIpc) is 2.41. The molecule has 5 nitrogen and oxygen atoms in total. The number of aliphatic hydroxyl groups is 1. The maximum atomic E-state index is 11.8. The standard InChI is InChI=1S/C12H15F3N2O3/c1-20-9-4-2-8(3-5-9)10(18)6-16-11(19)17-7-12(13,14)15/h2-5,10,18H,6-7H2,1H3,(H2,16,17,19). The van der Waals surface area contributed by atoms with Crippen molar-refractivity contribution in [1.29, 1.82) is 0 Å². The molecular weight excluding hydrogens is 277 g/mol. The molecule has 0 aliphatic heterocycles. The molecule has 0 spiro atoms. The van der Waals surface area contributed by atoms with Gasteiger partial charge in [-0.05, 0) is 17.7 Å². The Morgan fingerprint density at radius 2 is 1.90 bits per heavy atom. The van der Waals surface area contributed by atoms with Crippen LogP contribution in [0.3, 0.4) is 0 Å². The number of hydrogen-bond acceptors (Lipinski definition) is 3. The van der Waals surface area contributed by atoms with Crippen LogP contribution in [0.15, 0.2) is 24.3 Å². The van der Waals surface area contributed by atoms with Gasteiger partial charge in [-0.15, -0.1) is 0 Å². The van der Waals surface area contributed by atoms with Crippen molar-refractivity contribution < 1.29 is 27.8 Å². The van der Waals surface area contributed by atoms with E-state index >= 15 is 0 Å². The molecule has 0 radical (unpaired) electrons. The Labute approximate surface area is 113 Å². The van der Waals surface area contributed by atoms with E-state index in [-0.39, 0.29) is 6.54 Å². The number of benzene rings is 1. The monoisotopic (exact) mass is 292 g/mol. The average molecular weight is 292 g/mol. The van der Waals surface area contributed by atoms with Crippen molar-refractivity contribution >= 4 is 6.03 Å². The summed E-state index contributed by atoms with van der Waals surface area (Å²) in [4.78, 5) is 11.1. The number of carbonyl (C=O) groups is 1. The van der Waals surface area contributed by atoms with E-state index in [9.17, 15) is 23.1 Å². The van der Waals surface area contributed by atoms with Crippen LogP contribution in [0.4, 0.5) is 18.0 Å².